The molecule has 1 saturated heterocycles. The molecule has 1 amide bonds. The van der Waals surface area contributed by atoms with E-state index in [1.165, 1.54) is 154 Å². The molecule has 0 aromatic rings. The van der Waals surface area contributed by atoms with Crippen molar-refractivity contribution in [1.82, 2.24) is 5.32 Å². The van der Waals surface area contributed by atoms with Crippen molar-refractivity contribution in [1.29, 1.82) is 0 Å². The van der Waals surface area contributed by atoms with E-state index in [9.17, 15) is 30.3 Å². The summed E-state index contributed by atoms with van der Waals surface area (Å²) in [5, 5.41) is 54.3. The largest absolute Gasteiger partial charge is 0.394 e. The SMILES string of the molecule is CCCCCCCC/C=C\CCCCCCCCCC(=O)NC(COC1OC(CO)C(O)C(O)C1O)C(O)CCCCCCCCCCCCCCCCC. The molecule has 0 aliphatic carbocycles. The van der Waals surface area contributed by atoms with Crippen LogP contribution in [0.15, 0.2) is 12.2 Å². The lowest BCUT2D eigenvalue weighted by molar-refractivity contribution is -0.302. The standard InChI is InChI=1S/C46H89NO8/c1-3-5-7-9-11-13-15-17-19-20-22-24-26-28-30-32-34-36-42(50)47-39(38-54-46-45(53)44(52)43(51)41(37-48)55-46)40(49)35-33-31-29-27-25-23-21-18-16-14-12-10-8-6-4-2/h17,19,39-41,43-46,48-49,51-53H,3-16,18,20-38H2,1-2H3,(H,47,50)/b19-17-. The average molecular weight is 784 g/mol. The molecule has 7 atom stereocenters. The van der Waals surface area contributed by atoms with Crippen LogP contribution in [0.5, 0.6) is 0 Å². The average Bonchev–Trinajstić information content (AvgIpc) is 3.18. The zero-order valence-electron chi connectivity index (χ0n) is 35.7. The lowest BCUT2D eigenvalue weighted by atomic mass is 9.99. The summed E-state index contributed by atoms with van der Waals surface area (Å²) in [6.07, 6.45) is 35.0. The number of hydrogen-bond acceptors (Lipinski definition) is 8. The van der Waals surface area contributed by atoms with Gasteiger partial charge in [0.1, 0.15) is 24.4 Å². The quantitative estimate of drug-likeness (QED) is 0.0267. The maximum atomic E-state index is 13.0. The molecule has 0 aromatic carbocycles. The van der Waals surface area contributed by atoms with Gasteiger partial charge >= 0.3 is 0 Å². The van der Waals surface area contributed by atoms with Crippen molar-refractivity contribution < 1.29 is 39.8 Å². The highest BCUT2D eigenvalue weighted by molar-refractivity contribution is 5.76. The monoisotopic (exact) mass is 784 g/mol. The highest BCUT2D eigenvalue weighted by Crippen LogP contribution is 2.23. The van der Waals surface area contributed by atoms with E-state index in [4.69, 9.17) is 9.47 Å². The molecule has 1 aliphatic heterocycles. The van der Waals surface area contributed by atoms with Gasteiger partial charge in [0.2, 0.25) is 5.91 Å². The first-order chi connectivity index (χ1) is 26.8. The first-order valence-electron chi connectivity index (χ1n) is 23.4. The number of hydrogen-bond donors (Lipinski definition) is 6. The Balaban J connectivity index is 2.32. The van der Waals surface area contributed by atoms with Crippen LogP contribution < -0.4 is 5.32 Å². The van der Waals surface area contributed by atoms with E-state index in [0.717, 1.165) is 38.5 Å². The summed E-state index contributed by atoms with van der Waals surface area (Å²) in [5.41, 5.74) is 0. The summed E-state index contributed by atoms with van der Waals surface area (Å²) < 4.78 is 11.3. The first kappa shape index (κ1) is 51.9. The van der Waals surface area contributed by atoms with Gasteiger partial charge in [0, 0.05) is 6.42 Å². The minimum Gasteiger partial charge on any atom is -0.394 e. The predicted octanol–water partition coefficient (Wildman–Crippen LogP) is 9.73. The second-order valence-corrected chi connectivity index (χ2v) is 16.6. The summed E-state index contributed by atoms with van der Waals surface area (Å²) >= 11 is 0. The van der Waals surface area contributed by atoms with E-state index < -0.39 is 49.5 Å². The molecule has 9 nitrogen and oxygen atoms in total. The van der Waals surface area contributed by atoms with Crippen molar-refractivity contribution in [2.45, 2.75) is 262 Å². The van der Waals surface area contributed by atoms with Gasteiger partial charge in [-0.25, -0.2) is 0 Å². The molecule has 0 aromatic heterocycles. The molecule has 55 heavy (non-hydrogen) atoms. The number of aliphatic hydroxyl groups is 5. The van der Waals surface area contributed by atoms with Gasteiger partial charge in [-0.3, -0.25) is 4.79 Å². The van der Waals surface area contributed by atoms with E-state index in [0.29, 0.717) is 12.8 Å². The van der Waals surface area contributed by atoms with Crippen LogP contribution in [0.4, 0.5) is 0 Å². The minimum absolute atomic E-state index is 0.136. The van der Waals surface area contributed by atoms with Gasteiger partial charge in [-0.05, 0) is 38.5 Å². The molecule has 1 fully saturated rings. The molecular weight excluding hydrogens is 695 g/mol. The Labute approximate surface area is 337 Å². The van der Waals surface area contributed by atoms with E-state index in [-0.39, 0.29) is 12.5 Å². The Morgan fingerprint density at radius 1 is 0.600 bits per heavy atom. The maximum absolute atomic E-state index is 13.0. The molecule has 1 heterocycles. The van der Waals surface area contributed by atoms with Crippen molar-refractivity contribution in [3.8, 4) is 0 Å². The number of carbonyl (C=O) groups is 1. The van der Waals surface area contributed by atoms with Crippen molar-refractivity contribution in [3.05, 3.63) is 12.2 Å². The van der Waals surface area contributed by atoms with E-state index in [2.05, 4.69) is 31.3 Å². The van der Waals surface area contributed by atoms with Crippen molar-refractivity contribution in [3.63, 3.8) is 0 Å². The van der Waals surface area contributed by atoms with Gasteiger partial charge in [-0.15, -0.1) is 0 Å². The molecule has 0 saturated carbocycles. The van der Waals surface area contributed by atoms with Gasteiger partial charge in [0.15, 0.2) is 6.29 Å². The van der Waals surface area contributed by atoms with Crippen LogP contribution in [0, 0.1) is 0 Å². The fourth-order valence-corrected chi connectivity index (χ4v) is 7.57. The molecule has 0 spiro atoms. The van der Waals surface area contributed by atoms with Gasteiger partial charge < -0.3 is 40.3 Å². The third kappa shape index (κ3) is 28.1. The summed E-state index contributed by atoms with van der Waals surface area (Å²) in [6, 6.07) is -0.716. The second kappa shape index (κ2) is 37.2. The number of carbonyl (C=O) groups excluding carboxylic acids is 1. The van der Waals surface area contributed by atoms with Crippen molar-refractivity contribution >= 4 is 5.91 Å². The van der Waals surface area contributed by atoms with Crippen LogP contribution in [0.25, 0.3) is 0 Å². The molecule has 6 N–H and O–H groups in total. The molecule has 9 heteroatoms. The van der Waals surface area contributed by atoms with Crippen LogP contribution in [0.1, 0.15) is 219 Å². The Kier molecular flexibility index (Phi) is 35.2. The number of rotatable bonds is 39. The smallest absolute Gasteiger partial charge is 0.220 e. The molecule has 326 valence electrons. The topological polar surface area (TPSA) is 149 Å². The van der Waals surface area contributed by atoms with Crippen LogP contribution in [0.2, 0.25) is 0 Å². The number of allylic oxidation sites excluding steroid dienone is 2. The van der Waals surface area contributed by atoms with Gasteiger partial charge in [-0.2, -0.15) is 0 Å². The van der Waals surface area contributed by atoms with Crippen LogP contribution in [-0.2, 0) is 14.3 Å². The van der Waals surface area contributed by atoms with Crippen LogP contribution >= 0.6 is 0 Å². The summed E-state index contributed by atoms with van der Waals surface area (Å²) in [6.45, 7) is 3.83. The number of ether oxygens (including phenoxy) is 2. The normalized spacial score (nSPS) is 21.3. The second-order valence-electron chi connectivity index (χ2n) is 16.6. The predicted molar refractivity (Wildman–Crippen MR) is 226 cm³/mol. The first-order valence-corrected chi connectivity index (χ1v) is 23.4. The maximum Gasteiger partial charge on any atom is 0.220 e. The number of amides is 1. The highest BCUT2D eigenvalue weighted by Gasteiger charge is 2.44. The summed E-state index contributed by atoms with van der Waals surface area (Å²) in [4.78, 5) is 13.0. The molecule has 7 unspecified atom stereocenters. The van der Waals surface area contributed by atoms with Gasteiger partial charge in [-0.1, -0.05) is 187 Å². The zero-order valence-corrected chi connectivity index (χ0v) is 35.7. The highest BCUT2D eigenvalue weighted by atomic mass is 16.7. The number of unbranched alkanes of at least 4 members (excludes halogenated alkanes) is 27. The number of aliphatic hydroxyl groups excluding tert-OH is 5. The van der Waals surface area contributed by atoms with Crippen molar-refractivity contribution in [2.75, 3.05) is 13.2 Å². The molecule has 1 rings (SSSR count). The fraction of sp³-hybridized carbons (Fsp3) is 0.935. The fourth-order valence-electron chi connectivity index (χ4n) is 7.57. The lowest BCUT2D eigenvalue weighted by Crippen LogP contribution is -2.60. The molecule has 0 bridgehead atoms. The third-order valence-corrected chi connectivity index (χ3v) is 11.4. The zero-order chi connectivity index (χ0) is 40.2. The van der Waals surface area contributed by atoms with E-state index in [1.807, 2.05) is 0 Å². The Bertz CT molecular complexity index is 873. The lowest BCUT2D eigenvalue weighted by Gasteiger charge is -2.40. The van der Waals surface area contributed by atoms with E-state index >= 15 is 0 Å². The van der Waals surface area contributed by atoms with Gasteiger partial charge in [0.05, 0.1) is 25.4 Å². The third-order valence-electron chi connectivity index (χ3n) is 11.4. The summed E-state index contributed by atoms with van der Waals surface area (Å²) in [5.74, 6) is -0.148. The van der Waals surface area contributed by atoms with Crippen molar-refractivity contribution in [2.24, 2.45) is 0 Å². The molecular formula is C46H89NO8. The Morgan fingerprint density at radius 2 is 1.02 bits per heavy atom. The molecule has 1 aliphatic rings. The van der Waals surface area contributed by atoms with Crippen LogP contribution in [0.3, 0.4) is 0 Å². The summed E-state index contributed by atoms with van der Waals surface area (Å²) in [7, 11) is 0. The Hall–Kier alpha value is -1.07. The Morgan fingerprint density at radius 3 is 1.47 bits per heavy atom. The number of nitrogens with one attached hydrogen (secondary N) is 1. The van der Waals surface area contributed by atoms with Crippen LogP contribution in [-0.4, -0.2) is 87.5 Å². The molecule has 0 radical (unpaired) electrons. The van der Waals surface area contributed by atoms with Gasteiger partial charge in [0.25, 0.3) is 0 Å². The van der Waals surface area contributed by atoms with E-state index in [1.54, 1.807) is 0 Å². The minimum atomic E-state index is -1.55.